The van der Waals surface area contributed by atoms with Gasteiger partial charge in [0.2, 0.25) is 0 Å². The van der Waals surface area contributed by atoms with Crippen LogP contribution < -0.4 is 0 Å². The first kappa shape index (κ1) is 12.4. The monoisotopic (exact) mass is 245 g/mol. The Morgan fingerprint density at radius 1 is 1.60 bits per heavy atom. The molecule has 5 heteroatoms. The minimum atomic E-state index is -0.852. The van der Waals surface area contributed by atoms with Crippen molar-refractivity contribution in [2.45, 2.75) is 39.2 Å². The second kappa shape index (κ2) is 4.06. The molecule has 1 rings (SSSR count). The second-order valence-electron chi connectivity index (χ2n) is 4.52. The Labute approximate surface area is 98.4 Å². The number of nitrogens with zero attached hydrogens (tertiary/aromatic N) is 1. The van der Waals surface area contributed by atoms with E-state index in [9.17, 15) is 4.79 Å². The Bertz CT molecular complexity index is 425. The van der Waals surface area contributed by atoms with E-state index in [2.05, 4.69) is 20.8 Å². The van der Waals surface area contributed by atoms with Crippen molar-refractivity contribution >= 4 is 29.5 Å². The fourth-order valence-electron chi connectivity index (χ4n) is 1.33. The van der Waals surface area contributed by atoms with Gasteiger partial charge in [0.15, 0.2) is 3.95 Å². The first-order valence-corrected chi connectivity index (χ1v) is 5.97. The van der Waals surface area contributed by atoms with Crippen LogP contribution in [0, 0.1) is 3.95 Å². The Balaban J connectivity index is 3.34. The number of carbonyl (C=O) groups is 1. The lowest BCUT2D eigenvalue weighted by molar-refractivity contribution is -0.140. The summed E-state index contributed by atoms with van der Waals surface area (Å²) in [7, 11) is 0. The molecule has 1 aromatic heterocycles. The molecule has 0 aromatic carbocycles. The molecule has 3 nitrogen and oxygen atoms in total. The molecular formula is C10H15NO2S2. The zero-order chi connectivity index (χ0) is 11.8. The van der Waals surface area contributed by atoms with Crippen molar-refractivity contribution in [2.75, 3.05) is 0 Å². The van der Waals surface area contributed by atoms with Crippen molar-refractivity contribution in [2.24, 2.45) is 0 Å². The van der Waals surface area contributed by atoms with Gasteiger partial charge in [-0.15, -0.1) is 11.3 Å². The number of carboxylic acids is 1. The van der Waals surface area contributed by atoms with Crippen LogP contribution in [0.15, 0.2) is 5.38 Å². The van der Waals surface area contributed by atoms with Crippen molar-refractivity contribution < 1.29 is 9.90 Å². The largest absolute Gasteiger partial charge is 0.480 e. The van der Waals surface area contributed by atoms with E-state index < -0.39 is 12.0 Å². The summed E-state index contributed by atoms with van der Waals surface area (Å²) < 4.78 is 2.34. The van der Waals surface area contributed by atoms with Gasteiger partial charge in [0, 0.05) is 16.5 Å². The highest BCUT2D eigenvalue weighted by Gasteiger charge is 2.24. The fraction of sp³-hybridized carbons (Fsp3) is 0.600. The van der Waals surface area contributed by atoms with Gasteiger partial charge in [-0.3, -0.25) is 0 Å². The lowest BCUT2D eigenvalue weighted by Crippen LogP contribution is -2.24. The van der Waals surface area contributed by atoms with Gasteiger partial charge in [0.1, 0.15) is 6.04 Å². The number of carboxylic acid groups (broad SMARTS) is 1. The molecule has 0 aliphatic carbocycles. The molecule has 84 valence electrons. The standard InChI is InChI=1S/C10H15NO2S2/c1-6(8(12)13)11-7(10(2,3)4)5-15-9(11)14/h5-6H,1-4H3,(H,12,13)/t6-/m0/s1. The normalized spacial score (nSPS) is 13.9. The second-order valence-corrected chi connectivity index (χ2v) is 6.02. The molecule has 1 aromatic rings. The molecular weight excluding hydrogens is 230 g/mol. The molecule has 0 amide bonds. The van der Waals surface area contributed by atoms with Crippen molar-refractivity contribution in [1.82, 2.24) is 4.57 Å². The quantitative estimate of drug-likeness (QED) is 0.813. The molecule has 0 spiro atoms. The Kier molecular flexibility index (Phi) is 3.35. The van der Waals surface area contributed by atoms with Crippen molar-refractivity contribution in [3.8, 4) is 0 Å². The smallest absolute Gasteiger partial charge is 0.326 e. The molecule has 0 saturated heterocycles. The van der Waals surface area contributed by atoms with E-state index in [1.807, 2.05) is 5.38 Å². The number of thiazole rings is 1. The average molecular weight is 245 g/mol. The van der Waals surface area contributed by atoms with E-state index in [0.717, 1.165) is 5.69 Å². The Morgan fingerprint density at radius 3 is 2.53 bits per heavy atom. The maximum Gasteiger partial charge on any atom is 0.326 e. The number of aliphatic carboxylic acids is 1. The van der Waals surface area contributed by atoms with Crippen LogP contribution in [0.1, 0.15) is 39.4 Å². The lowest BCUT2D eigenvalue weighted by atomic mass is 9.92. The average Bonchev–Trinajstić information content (AvgIpc) is 2.44. The summed E-state index contributed by atoms with van der Waals surface area (Å²) in [6.45, 7) is 7.80. The maximum absolute atomic E-state index is 11.0. The van der Waals surface area contributed by atoms with Crippen LogP contribution in [0.2, 0.25) is 0 Å². The summed E-state index contributed by atoms with van der Waals surface area (Å²) in [4.78, 5) is 11.0. The van der Waals surface area contributed by atoms with Crippen molar-refractivity contribution in [3.63, 3.8) is 0 Å². The van der Waals surface area contributed by atoms with Crippen molar-refractivity contribution in [3.05, 3.63) is 15.0 Å². The Hall–Kier alpha value is -0.680. The van der Waals surface area contributed by atoms with Gasteiger partial charge in [0.25, 0.3) is 0 Å². The highest BCUT2D eigenvalue weighted by molar-refractivity contribution is 7.73. The zero-order valence-corrected chi connectivity index (χ0v) is 10.9. The topological polar surface area (TPSA) is 42.2 Å². The van der Waals surface area contributed by atoms with Gasteiger partial charge < -0.3 is 9.67 Å². The number of rotatable bonds is 2. The van der Waals surface area contributed by atoms with Crippen LogP contribution in [0.4, 0.5) is 0 Å². The molecule has 0 unspecified atom stereocenters. The van der Waals surface area contributed by atoms with Crippen LogP contribution in [-0.2, 0) is 10.2 Å². The zero-order valence-electron chi connectivity index (χ0n) is 9.27. The number of hydrogen-bond donors (Lipinski definition) is 1. The van der Waals surface area contributed by atoms with Crippen LogP contribution in [-0.4, -0.2) is 15.6 Å². The molecule has 0 radical (unpaired) electrons. The third kappa shape index (κ3) is 2.46. The summed E-state index contributed by atoms with van der Waals surface area (Å²) in [6.07, 6.45) is 0. The first-order chi connectivity index (χ1) is 6.75. The molecule has 0 aliphatic rings. The lowest BCUT2D eigenvalue weighted by Gasteiger charge is -2.23. The minimum absolute atomic E-state index is 0.0860. The third-order valence-corrected chi connectivity index (χ3v) is 3.47. The van der Waals surface area contributed by atoms with Crippen LogP contribution in [0.3, 0.4) is 0 Å². The molecule has 1 N–H and O–H groups in total. The molecule has 0 bridgehead atoms. The third-order valence-electron chi connectivity index (χ3n) is 2.24. The highest BCUT2D eigenvalue weighted by atomic mass is 32.1. The summed E-state index contributed by atoms with van der Waals surface area (Å²) >= 11 is 6.57. The number of aromatic nitrogens is 1. The SMILES string of the molecule is C[C@@H](C(=O)O)n1c(C(C)(C)C)csc1=S. The predicted octanol–water partition coefficient (Wildman–Crippen LogP) is 3.22. The van der Waals surface area contributed by atoms with Crippen molar-refractivity contribution in [1.29, 1.82) is 0 Å². The molecule has 0 fully saturated rings. The number of hydrogen-bond acceptors (Lipinski definition) is 3. The van der Waals surface area contributed by atoms with E-state index >= 15 is 0 Å². The summed E-state index contributed by atoms with van der Waals surface area (Å²) in [6, 6.07) is -0.599. The van der Waals surface area contributed by atoms with E-state index in [4.69, 9.17) is 17.3 Å². The van der Waals surface area contributed by atoms with Gasteiger partial charge in [-0.25, -0.2) is 4.79 Å². The van der Waals surface area contributed by atoms with Crippen LogP contribution in [0.5, 0.6) is 0 Å². The fourth-order valence-corrected chi connectivity index (χ4v) is 2.78. The van der Waals surface area contributed by atoms with E-state index in [-0.39, 0.29) is 5.41 Å². The van der Waals surface area contributed by atoms with Gasteiger partial charge in [0.05, 0.1) is 0 Å². The molecule has 1 atom stereocenters. The molecule has 15 heavy (non-hydrogen) atoms. The van der Waals surface area contributed by atoms with Crippen LogP contribution >= 0.6 is 23.6 Å². The molecule has 1 heterocycles. The van der Waals surface area contributed by atoms with Crippen LogP contribution in [0.25, 0.3) is 0 Å². The van der Waals surface area contributed by atoms with Gasteiger partial charge in [-0.2, -0.15) is 0 Å². The molecule has 0 aliphatic heterocycles. The highest BCUT2D eigenvalue weighted by Crippen LogP contribution is 2.28. The first-order valence-electron chi connectivity index (χ1n) is 4.68. The summed E-state index contributed by atoms with van der Waals surface area (Å²) in [5.41, 5.74) is 0.893. The van der Waals surface area contributed by atoms with E-state index in [1.165, 1.54) is 11.3 Å². The van der Waals surface area contributed by atoms with Gasteiger partial charge in [-0.05, 0) is 19.1 Å². The summed E-state index contributed by atoms with van der Waals surface area (Å²) in [5.74, 6) is -0.852. The van der Waals surface area contributed by atoms with E-state index in [0.29, 0.717) is 3.95 Å². The van der Waals surface area contributed by atoms with Gasteiger partial charge >= 0.3 is 5.97 Å². The van der Waals surface area contributed by atoms with Gasteiger partial charge in [-0.1, -0.05) is 20.8 Å². The van der Waals surface area contributed by atoms with E-state index in [1.54, 1.807) is 11.5 Å². The summed E-state index contributed by atoms with van der Waals surface area (Å²) in [5, 5.41) is 11.0. The minimum Gasteiger partial charge on any atom is -0.480 e. The predicted molar refractivity (Wildman–Crippen MR) is 64.2 cm³/mol. The molecule has 0 saturated carbocycles. The maximum atomic E-state index is 11.0. The Morgan fingerprint density at radius 2 is 2.13 bits per heavy atom.